The van der Waals surface area contributed by atoms with Crippen molar-refractivity contribution in [2.75, 3.05) is 6.54 Å². The standard InChI is InChI=1S/C13H20N2S/c1-11-5-6-12(16-11)9-15-10-13(2,3)7-4-8-14/h5-6,15H,4,7,9-10H2,1-3H3. The maximum atomic E-state index is 8.57. The molecule has 1 N–H and O–H groups in total. The van der Waals surface area contributed by atoms with Crippen LogP contribution in [0.3, 0.4) is 0 Å². The lowest BCUT2D eigenvalue weighted by atomic mass is 9.88. The number of aryl methyl sites for hydroxylation is 1. The molecular formula is C13H20N2S. The molecular weight excluding hydrogens is 216 g/mol. The molecule has 0 aliphatic carbocycles. The van der Waals surface area contributed by atoms with Gasteiger partial charge in [-0.3, -0.25) is 0 Å². The molecule has 88 valence electrons. The molecule has 0 aliphatic heterocycles. The highest BCUT2D eigenvalue weighted by atomic mass is 32.1. The molecule has 0 spiro atoms. The molecule has 0 saturated carbocycles. The molecule has 1 aromatic rings. The summed E-state index contributed by atoms with van der Waals surface area (Å²) in [7, 11) is 0. The first-order chi connectivity index (χ1) is 7.53. The third kappa shape index (κ3) is 4.78. The Morgan fingerprint density at radius 3 is 2.75 bits per heavy atom. The summed E-state index contributed by atoms with van der Waals surface area (Å²) < 4.78 is 0. The van der Waals surface area contributed by atoms with Crippen LogP contribution in [0.4, 0.5) is 0 Å². The second kappa shape index (κ2) is 6.03. The third-order valence-electron chi connectivity index (χ3n) is 2.61. The molecule has 0 unspecified atom stereocenters. The van der Waals surface area contributed by atoms with Crippen LogP contribution in [0.15, 0.2) is 12.1 Å². The summed E-state index contributed by atoms with van der Waals surface area (Å²) in [5, 5.41) is 12.0. The monoisotopic (exact) mass is 236 g/mol. The lowest BCUT2D eigenvalue weighted by Crippen LogP contribution is -2.28. The van der Waals surface area contributed by atoms with E-state index in [1.807, 2.05) is 11.3 Å². The quantitative estimate of drug-likeness (QED) is 0.821. The maximum Gasteiger partial charge on any atom is 0.0621 e. The number of thiophene rings is 1. The molecule has 0 saturated heterocycles. The van der Waals surface area contributed by atoms with Gasteiger partial charge in [-0.05, 0) is 30.9 Å². The summed E-state index contributed by atoms with van der Waals surface area (Å²) in [6, 6.07) is 6.54. The zero-order valence-corrected chi connectivity index (χ0v) is 11.2. The minimum atomic E-state index is 0.210. The Morgan fingerprint density at radius 2 is 2.19 bits per heavy atom. The van der Waals surface area contributed by atoms with Crippen molar-refractivity contribution in [3.63, 3.8) is 0 Å². The SMILES string of the molecule is Cc1ccc(CNCC(C)(C)CCC#N)s1. The van der Waals surface area contributed by atoms with Gasteiger partial charge in [-0.25, -0.2) is 0 Å². The van der Waals surface area contributed by atoms with Gasteiger partial charge in [0.2, 0.25) is 0 Å². The van der Waals surface area contributed by atoms with Crippen LogP contribution in [0.2, 0.25) is 0 Å². The summed E-state index contributed by atoms with van der Waals surface area (Å²) in [6.45, 7) is 8.44. The van der Waals surface area contributed by atoms with Gasteiger partial charge in [0.1, 0.15) is 0 Å². The second-order valence-corrected chi connectivity index (χ2v) is 6.31. The van der Waals surface area contributed by atoms with Gasteiger partial charge >= 0.3 is 0 Å². The molecule has 0 bridgehead atoms. The van der Waals surface area contributed by atoms with Crippen LogP contribution in [-0.2, 0) is 6.54 Å². The topological polar surface area (TPSA) is 35.8 Å². The first-order valence-electron chi connectivity index (χ1n) is 5.66. The van der Waals surface area contributed by atoms with Crippen LogP contribution in [0.1, 0.15) is 36.4 Å². The van der Waals surface area contributed by atoms with Crippen molar-refractivity contribution >= 4 is 11.3 Å². The average molecular weight is 236 g/mol. The summed E-state index contributed by atoms with van der Waals surface area (Å²) >= 11 is 1.84. The zero-order chi connectivity index (χ0) is 12.0. The Labute approximate surface area is 102 Å². The number of nitriles is 1. The number of rotatable bonds is 6. The van der Waals surface area contributed by atoms with Gasteiger partial charge in [-0.15, -0.1) is 11.3 Å². The molecule has 2 nitrogen and oxygen atoms in total. The van der Waals surface area contributed by atoms with Gasteiger partial charge in [0.15, 0.2) is 0 Å². The molecule has 16 heavy (non-hydrogen) atoms. The van der Waals surface area contributed by atoms with Crippen LogP contribution in [0, 0.1) is 23.7 Å². The van der Waals surface area contributed by atoms with Crippen LogP contribution in [0.5, 0.6) is 0 Å². The van der Waals surface area contributed by atoms with Gasteiger partial charge in [-0.1, -0.05) is 13.8 Å². The minimum absolute atomic E-state index is 0.210. The van der Waals surface area contributed by atoms with E-state index in [-0.39, 0.29) is 5.41 Å². The second-order valence-electron chi connectivity index (χ2n) is 4.94. The van der Waals surface area contributed by atoms with E-state index in [0.717, 1.165) is 19.5 Å². The van der Waals surface area contributed by atoms with Crippen molar-refractivity contribution in [1.29, 1.82) is 5.26 Å². The molecule has 0 amide bonds. The first-order valence-corrected chi connectivity index (χ1v) is 6.48. The first kappa shape index (κ1) is 13.2. The molecule has 0 fully saturated rings. The van der Waals surface area contributed by atoms with Gasteiger partial charge in [0.05, 0.1) is 6.07 Å². The Kier molecular flexibility index (Phi) is 4.98. The predicted octanol–water partition coefficient (Wildman–Crippen LogP) is 3.48. The molecule has 1 heterocycles. The maximum absolute atomic E-state index is 8.57. The average Bonchev–Trinajstić information content (AvgIpc) is 2.61. The van der Waals surface area contributed by atoms with Gasteiger partial charge in [-0.2, -0.15) is 5.26 Å². The van der Waals surface area contributed by atoms with E-state index in [0.29, 0.717) is 6.42 Å². The van der Waals surface area contributed by atoms with Gasteiger partial charge in [0.25, 0.3) is 0 Å². The molecule has 0 atom stereocenters. The Morgan fingerprint density at radius 1 is 1.44 bits per heavy atom. The van der Waals surface area contributed by atoms with Gasteiger partial charge < -0.3 is 5.32 Å². The fourth-order valence-electron chi connectivity index (χ4n) is 1.59. The number of nitrogens with one attached hydrogen (secondary N) is 1. The molecule has 1 rings (SSSR count). The Hall–Kier alpha value is -0.850. The van der Waals surface area contributed by atoms with Crippen LogP contribution in [0.25, 0.3) is 0 Å². The van der Waals surface area contributed by atoms with E-state index >= 15 is 0 Å². The Bertz CT molecular complexity index is 360. The fraction of sp³-hybridized carbons (Fsp3) is 0.615. The van der Waals surface area contributed by atoms with Crippen molar-refractivity contribution in [2.45, 2.75) is 40.2 Å². The molecule has 1 aromatic heterocycles. The van der Waals surface area contributed by atoms with Crippen molar-refractivity contribution in [3.8, 4) is 6.07 Å². The van der Waals surface area contributed by atoms with Crippen LogP contribution in [-0.4, -0.2) is 6.54 Å². The van der Waals surface area contributed by atoms with Gasteiger partial charge in [0, 0.05) is 29.3 Å². The van der Waals surface area contributed by atoms with E-state index in [9.17, 15) is 0 Å². The summed E-state index contributed by atoms with van der Waals surface area (Å²) in [6.07, 6.45) is 1.60. The highest BCUT2D eigenvalue weighted by molar-refractivity contribution is 7.11. The van der Waals surface area contributed by atoms with E-state index in [1.54, 1.807) is 0 Å². The van der Waals surface area contributed by atoms with E-state index < -0.39 is 0 Å². The lowest BCUT2D eigenvalue weighted by molar-refractivity contribution is 0.318. The van der Waals surface area contributed by atoms with Crippen molar-refractivity contribution in [2.24, 2.45) is 5.41 Å². The van der Waals surface area contributed by atoms with Crippen LogP contribution >= 0.6 is 11.3 Å². The molecule has 0 aromatic carbocycles. The normalized spacial score (nSPS) is 11.4. The largest absolute Gasteiger partial charge is 0.311 e. The molecule has 0 radical (unpaired) electrons. The number of hydrogen-bond donors (Lipinski definition) is 1. The van der Waals surface area contributed by atoms with Crippen molar-refractivity contribution < 1.29 is 0 Å². The van der Waals surface area contributed by atoms with Crippen LogP contribution < -0.4 is 5.32 Å². The van der Waals surface area contributed by atoms with E-state index in [2.05, 4.69) is 44.3 Å². The molecule has 3 heteroatoms. The van der Waals surface area contributed by atoms with E-state index in [1.165, 1.54) is 9.75 Å². The summed E-state index contributed by atoms with van der Waals surface area (Å²) in [5.74, 6) is 0. The van der Waals surface area contributed by atoms with Crippen molar-refractivity contribution in [3.05, 3.63) is 21.9 Å². The minimum Gasteiger partial charge on any atom is -0.311 e. The highest BCUT2D eigenvalue weighted by Crippen LogP contribution is 2.21. The Balaban J connectivity index is 2.27. The van der Waals surface area contributed by atoms with E-state index in [4.69, 9.17) is 5.26 Å². The number of hydrogen-bond acceptors (Lipinski definition) is 3. The summed E-state index contributed by atoms with van der Waals surface area (Å²) in [5.41, 5.74) is 0.210. The number of nitrogens with zero attached hydrogens (tertiary/aromatic N) is 1. The van der Waals surface area contributed by atoms with Crippen molar-refractivity contribution in [1.82, 2.24) is 5.32 Å². The highest BCUT2D eigenvalue weighted by Gasteiger charge is 2.16. The lowest BCUT2D eigenvalue weighted by Gasteiger charge is -2.23. The zero-order valence-electron chi connectivity index (χ0n) is 10.3. The molecule has 0 aliphatic rings. The summed E-state index contributed by atoms with van der Waals surface area (Å²) in [4.78, 5) is 2.74. The third-order valence-corrected chi connectivity index (χ3v) is 3.61. The predicted molar refractivity (Wildman–Crippen MR) is 69.4 cm³/mol. The smallest absolute Gasteiger partial charge is 0.0621 e. The fourth-order valence-corrected chi connectivity index (χ4v) is 2.45.